The number of hydrogen-bond acceptors (Lipinski definition) is 5. The van der Waals surface area contributed by atoms with Crippen molar-refractivity contribution < 1.29 is 23.9 Å². The SMILES string of the molecule is CCC(C)C(C(=O)Nc1ccc2c(c1)OCCO2)N1C(=O)c2ccccc2C1=O. The van der Waals surface area contributed by atoms with Crippen LogP contribution in [0, 0.1) is 5.92 Å². The van der Waals surface area contributed by atoms with Gasteiger partial charge in [0.25, 0.3) is 11.8 Å². The second kappa shape index (κ2) is 7.58. The number of anilines is 1. The molecule has 7 heteroatoms. The van der Waals surface area contributed by atoms with E-state index in [-0.39, 0.29) is 5.92 Å². The van der Waals surface area contributed by atoms with Crippen molar-refractivity contribution in [1.29, 1.82) is 0 Å². The van der Waals surface area contributed by atoms with Crippen molar-refractivity contribution in [1.82, 2.24) is 4.90 Å². The first-order valence-electron chi connectivity index (χ1n) is 9.68. The summed E-state index contributed by atoms with van der Waals surface area (Å²) in [7, 11) is 0. The number of nitrogens with one attached hydrogen (secondary N) is 1. The fraction of sp³-hybridized carbons (Fsp3) is 0.318. The van der Waals surface area contributed by atoms with E-state index in [1.165, 1.54) is 0 Å². The molecule has 150 valence electrons. The van der Waals surface area contributed by atoms with E-state index in [9.17, 15) is 14.4 Å². The standard InChI is InChI=1S/C22H22N2O5/c1-3-13(2)19(24-21(26)15-6-4-5-7-16(15)22(24)27)20(25)23-14-8-9-17-18(12-14)29-11-10-28-17/h4-9,12-13,19H,3,10-11H2,1-2H3,(H,23,25). The number of imide groups is 1. The molecule has 0 aliphatic carbocycles. The minimum Gasteiger partial charge on any atom is -0.486 e. The van der Waals surface area contributed by atoms with E-state index in [1.54, 1.807) is 42.5 Å². The molecule has 0 bridgehead atoms. The van der Waals surface area contributed by atoms with Crippen LogP contribution in [0.4, 0.5) is 5.69 Å². The Bertz CT molecular complexity index is 952. The number of carbonyl (C=O) groups is 3. The zero-order valence-corrected chi connectivity index (χ0v) is 16.3. The average Bonchev–Trinajstić information content (AvgIpc) is 2.99. The van der Waals surface area contributed by atoms with Gasteiger partial charge >= 0.3 is 0 Å². The summed E-state index contributed by atoms with van der Waals surface area (Å²) in [5.74, 6) is -0.329. The van der Waals surface area contributed by atoms with Crippen LogP contribution in [0.2, 0.25) is 0 Å². The zero-order valence-electron chi connectivity index (χ0n) is 16.3. The van der Waals surface area contributed by atoms with Gasteiger partial charge in [-0.05, 0) is 30.2 Å². The number of nitrogens with zero attached hydrogens (tertiary/aromatic N) is 1. The molecule has 2 heterocycles. The third-order valence-electron chi connectivity index (χ3n) is 5.36. The van der Waals surface area contributed by atoms with Gasteiger partial charge in [-0.1, -0.05) is 32.4 Å². The molecule has 2 unspecified atom stereocenters. The molecule has 0 fully saturated rings. The van der Waals surface area contributed by atoms with Crippen LogP contribution in [-0.4, -0.2) is 41.9 Å². The lowest BCUT2D eigenvalue weighted by Crippen LogP contribution is -2.50. The van der Waals surface area contributed by atoms with Crippen LogP contribution in [0.1, 0.15) is 41.0 Å². The van der Waals surface area contributed by atoms with Crippen molar-refractivity contribution in [3.63, 3.8) is 0 Å². The Labute approximate surface area is 168 Å². The monoisotopic (exact) mass is 394 g/mol. The van der Waals surface area contributed by atoms with Gasteiger partial charge in [0, 0.05) is 11.8 Å². The van der Waals surface area contributed by atoms with Gasteiger partial charge in [-0.2, -0.15) is 0 Å². The molecule has 7 nitrogen and oxygen atoms in total. The maximum atomic E-state index is 13.2. The van der Waals surface area contributed by atoms with Gasteiger partial charge in [-0.25, -0.2) is 0 Å². The second-order valence-electron chi connectivity index (χ2n) is 7.20. The van der Waals surface area contributed by atoms with Gasteiger partial charge < -0.3 is 14.8 Å². The summed E-state index contributed by atoms with van der Waals surface area (Å²) in [5, 5.41) is 2.83. The molecule has 4 rings (SSSR count). The summed E-state index contributed by atoms with van der Waals surface area (Å²) in [4.78, 5) is 40.1. The van der Waals surface area contributed by atoms with Crippen LogP contribution in [0.3, 0.4) is 0 Å². The van der Waals surface area contributed by atoms with Crippen LogP contribution in [0.25, 0.3) is 0 Å². The van der Waals surface area contributed by atoms with E-state index in [0.29, 0.717) is 47.9 Å². The summed E-state index contributed by atoms with van der Waals surface area (Å²) in [5.41, 5.74) is 1.18. The van der Waals surface area contributed by atoms with E-state index >= 15 is 0 Å². The summed E-state index contributed by atoms with van der Waals surface area (Å²) >= 11 is 0. The smallest absolute Gasteiger partial charge is 0.262 e. The Kier molecular flexibility index (Phi) is 4.96. The predicted molar refractivity (Wildman–Crippen MR) is 106 cm³/mol. The van der Waals surface area contributed by atoms with Gasteiger partial charge in [-0.15, -0.1) is 0 Å². The Morgan fingerprint density at radius 3 is 2.28 bits per heavy atom. The largest absolute Gasteiger partial charge is 0.486 e. The van der Waals surface area contributed by atoms with Crippen LogP contribution in [-0.2, 0) is 4.79 Å². The number of fused-ring (bicyclic) bond motifs is 2. The first kappa shape index (κ1) is 19.0. The second-order valence-corrected chi connectivity index (χ2v) is 7.20. The molecule has 2 aliphatic heterocycles. The Morgan fingerprint density at radius 1 is 1.03 bits per heavy atom. The molecule has 0 aromatic heterocycles. The lowest BCUT2D eigenvalue weighted by atomic mass is 9.96. The van der Waals surface area contributed by atoms with E-state index in [2.05, 4.69) is 5.32 Å². The molecule has 29 heavy (non-hydrogen) atoms. The van der Waals surface area contributed by atoms with Crippen molar-refractivity contribution in [3.05, 3.63) is 53.6 Å². The van der Waals surface area contributed by atoms with Gasteiger partial charge in [0.05, 0.1) is 11.1 Å². The topological polar surface area (TPSA) is 84.9 Å². The fourth-order valence-corrected chi connectivity index (χ4v) is 3.65. The Hall–Kier alpha value is -3.35. The van der Waals surface area contributed by atoms with Gasteiger partial charge in [0.15, 0.2) is 11.5 Å². The number of benzene rings is 2. The third-order valence-corrected chi connectivity index (χ3v) is 5.36. The molecule has 0 spiro atoms. The normalized spacial score (nSPS) is 17.0. The average molecular weight is 394 g/mol. The first-order valence-corrected chi connectivity index (χ1v) is 9.68. The first-order chi connectivity index (χ1) is 14.0. The van der Waals surface area contributed by atoms with E-state index in [1.807, 2.05) is 13.8 Å². The molecular weight excluding hydrogens is 372 g/mol. The van der Waals surface area contributed by atoms with E-state index in [4.69, 9.17) is 9.47 Å². The highest BCUT2D eigenvalue weighted by atomic mass is 16.6. The maximum Gasteiger partial charge on any atom is 0.262 e. The van der Waals surface area contributed by atoms with Crippen LogP contribution in [0.15, 0.2) is 42.5 Å². The minimum absolute atomic E-state index is 0.213. The zero-order chi connectivity index (χ0) is 20.5. The molecule has 0 saturated carbocycles. The highest BCUT2D eigenvalue weighted by Gasteiger charge is 2.44. The molecule has 0 radical (unpaired) electrons. The van der Waals surface area contributed by atoms with Crippen molar-refractivity contribution >= 4 is 23.4 Å². The summed E-state index contributed by atoms with van der Waals surface area (Å²) in [6.45, 7) is 4.70. The molecule has 3 amide bonds. The van der Waals surface area contributed by atoms with Gasteiger partial charge in [0.1, 0.15) is 19.3 Å². The Balaban J connectivity index is 1.62. The fourth-order valence-electron chi connectivity index (χ4n) is 3.65. The molecule has 2 aromatic carbocycles. The van der Waals surface area contributed by atoms with Gasteiger partial charge in [0.2, 0.25) is 5.91 Å². The molecule has 2 aliphatic rings. The van der Waals surface area contributed by atoms with Crippen molar-refractivity contribution in [2.45, 2.75) is 26.3 Å². The molecule has 1 N–H and O–H groups in total. The summed E-state index contributed by atoms with van der Waals surface area (Å²) < 4.78 is 11.1. The van der Waals surface area contributed by atoms with E-state index in [0.717, 1.165) is 4.90 Å². The maximum absolute atomic E-state index is 13.2. The van der Waals surface area contributed by atoms with Crippen molar-refractivity contribution in [3.8, 4) is 11.5 Å². The number of hydrogen-bond donors (Lipinski definition) is 1. The van der Waals surface area contributed by atoms with Gasteiger partial charge in [-0.3, -0.25) is 19.3 Å². The molecular formula is C22H22N2O5. The predicted octanol–water partition coefficient (Wildman–Crippen LogP) is 3.11. The van der Waals surface area contributed by atoms with Crippen molar-refractivity contribution in [2.75, 3.05) is 18.5 Å². The van der Waals surface area contributed by atoms with Crippen LogP contribution < -0.4 is 14.8 Å². The van der Waals surface area contributed by atoms with E-state index < -0.39 is 23.8 Å². The molecule has 0 saturated heterocycles. The van der Waals surface area contributed by atoms with Crippen molar-refractivity contribution in [2.24, 2.45) is 5.92 Å². The highest BCUT2D eigenvalue weighted by molar-refractivity contribution is 6.23. The molecule has 2 aromatic rings. The summed E-state index contributed by atoms with van der Waals surface area (Å²) in [6, 6.07) is 10.8. The lowest BCUT2D eigenvalue weighted by Gasteiger charge is -2.30. The molecule has 2 atom stereocenters. The number of carbonyl (C=O) groups excluding carboxylic acids is 3. The quantitative estimate of drug-likeness (QED) is 0.788. The van der Waals surface area contributed by atoms with Crippen LogP contribution in [0.5, 0.6) is 11.5 Å². The minimum atomic E-state index is -0.916. The number of amides is 3. The lowest BCUT2D eigenvalue weighted by molar-refractivity contribution is -0.121. The number of rotatable bonds is 5. The summed E-state index contributed by atoms with van der Waals surface area (Å²) in [6.07, 6.45) is 0.632. The Morgan fingerprint density at radius 2 is 1.66 bits per heavy atom. The number of ether oxygens (including phenoxy) is 2. The highest BCUT2D eigenvalue weighted by Crippen LogP contribution is 2.33. The third kappa shape index (κ3) is 3.33. The van der Waals surface area contributed by atoms with Crippen LogP contribution >= 0.6 is 0 Å².